The Morgan fingerprint density at radius 3 is 2.53 bits per heavy atom. The summed E-state index contributed by atoms with van der Waals surface area (Å²) in [5, 5.41) is 8.34. The van der Waals surface area contributed by atoms with Gasteiger partial charge in [-0.2, -0.15) is 5.10 Å². The maximum absolute atomic E-state index is 13.8. The van der Waals surface area contributed by atoms with Crippen molar-refractivity contribution in [2.45, 2.75) is 39.3 Å². The van der Waals surface area contributed by atoms with Crippen LogP contribution in [-0.4, -0.2) is 20.7 Å². The van der Waals surface area contributed by atoms with Gasteiger partial charge in [0.2, 0.25) is 5.91 Å². The summed E-state index contributed by atoms with van der Waals surface area (Å²) in [6.45, 7) is 2.97. The second-order valence-corrected chi connectivity index (χ2v) is 8.07. The minimum absolute atomic E-state index is 0.0323. The average Bonchev–Trinajstić information content (AvgIpc) is 3.08. The molecule has 5 nitrogen and oxygen atoms in total. The normalized spacial score (nSPS) is 11.0. The quantitative estimate of drug-likeness (QED) is 0.460. The van der Waals surface area contributed by atoms with Crippen molar-refractivity contribution < 1.29 is 9.18 Å². The fourth-order valence-corrected chi connectivity index (χ4v) is 3.56. The maximum atomic E-state index is 13.8. The predicted octanol–water partition coefficient (Wildman–Crippen LogP) is 5.70. The van der Waals surface area contributed by atoms with E-state index < -0.39 is 5.82 Å². The van der Waals surface area contributed by atoms with Gasteiger partial charge in [-0.3, -0.25) is 4.79 Å². The van der Waals surface area contributed by atoms with Crippen LogP contribution in [0.4, 0.5) is 4.39 Å². The van der Waals surface area contributed by atoms with Gasteiger partial charge in [-0.15, -0.1) is 0 Å². The van der Waals surface area contributed by atoms with E-state index in [0.29, 0.717) is 33.8 Å². The smallest absolute Gasteiger partial charge is 0.227 e. The summed E-state index contributed by atoms with van der Waals surface area (Å²) >= 11 is 17.7. The molecule has 0 unspecified atom stereocenters. The van der Waals surface area contributed by atoms with Crippen LogP contribution < -0.4 is 5.32 Å². The highest BCUT2D eigenvalue weighted by molar-refractivity contribution is 6.34. The van der Waals surface area contributed by atoms with Crippen molar-refractivity contribution in [3.05, 3.63) is 68.7 Å². The van der Waals surface area contributed by atoms with Crippen LogP contribution in [0.3, 0.4) is 0 Å². The lowest BCUT2D eigenvalue weighted by Gasteiger charge is -2.07. The Morgan fingerprint density at radius 1 is 1.13 bits per heavy atom. The van der Waals surface area contributed by atoms with Crippen LogP contribution in [0.15, 0.2) is 36.4 Å². The molecular formula is C21H20Cl3FN4O. The van der Waals surface area contributed by atoms with Crippen LogP contribution in [0.25, 0.3) is 11.4 Å². The largest absolute Gasteiger partial charge is 0.352 e. The number of hydrogen-bond donors (Lipinski definition) is 1. The van der Waals surface area contributed by atoms with Gasteiger partial charge >= 0.3 is 0 Å². The molecule has 0 aliphatic heterocycles. The molecule has 3 aromatic rings. The highest BCUT2D eigenvalue weighted by Crippen LogP contribution is 2.23. The molecule has 2 aromatic carbocycles. The van der Waals surface area contributed by atoms with Crippen molar-refractivity contribution in [1.29, 1.82) is 0 Å². The fourth-order valence-electron chi connectivity index (χ4n) is 2.87. The maximum Gasteiger partial charge on any atom is 0.227 e. The molecule has 0 fully saturated rings. The topological polar surface area (TPSA) is 59.8 Å². The van der Waals surface area contributed by atoms with Crippen molar-refractivity contribution in [3.63, 3.8) is 0 Å². The first-order valence-corrected chi connectivity index (χ1v) is 10.6. The molecule has 0 saturated carbocycles. The number of rotatable bonds is 8. The van der Waals surface area contributed by atoms with E-state index in [2.05, 4.69) is 22.3 Å². The third kappa shape index (κ3) is 5.94. The van der Waals surface area contributed by atoms with Crippen LogP contribution in [0.1, 0.15) is 31.2 Å². The average molecular weight is 470 g/mol. The van der Waals surface area contributed by atoms with Gasteiger partial charge in [0, 0.05) is 28.7 Å². The number of nitrogens with zero attached hydrogens (tertiary/aromatic N) is 3. The van der Waals surface area contributed by atoms with Gasteiger partial charge in [0.05, 0.1) is 11.4 Å². The monoisotopic (exact) mass is 468 g/mol. The number of halogens is 4. The molecule has 0 aliphatic rings. The van der Waals surface area contributed by atoms with Crippen LogP contribution in [0.5, 0.6) is 0 Å². The predicted molar refractivity (Wildman–Crippen MR) is 117 cm³/mol. The SMILES string of the molecule is CCCCn1nc(-c2ccc(Cl)c(F)c2)nc1CC(=O)NCc1cc(Cl)cc(Cl)c1. The molecule has 1 aromatic heterocycles. The Balaban J connectivity index is 1.75. The Labute approximate surface area is 189 Å². The molecule has 0 bridgehead atoms. The summed E-state index contributed by atoms with van der Waals surface area (Å²) in [5.41, 5.74) is 1.30. The Hall–Kier alpha value is -2.15. The van der Waals surface area contributed by atoms with E-state index in [0.717, 1.165) is 18.4 Å². The first-order chi connectivity index (χ1) is 14.4. The van der Waals surface area contributed by atoms with Gasteiger partial charge < -0.3 is 5.32 Å². The number of unbranched alkanes of at least 4 members (excludes halogenated alkanes) is 1. The zero-order valence-electron chi connectivity index (χ0n) is 16.3. The van der Waals surface area contributed by atoms with E-state index in [1.54, 1.807) is 28.9 Å². The Kier molecular flexibility index (Phi) is 7.69. The molecule has 1 heterocycles. The van der Waals surface area contributed by atoms with E-state index in [4.69, 9.17) is 34.8 Å². The Morgan fingerprint density at radius 2 is 1.87 bits per heavy atom. The highest BCUT2D eigenvalue weighted by Gasteiger charge is 2.16. The first-order valence-electron chi connectivity index (χ1n) is 9.46. The van der Waals surface area contributed by atoms with Gasteiger partial charge in [0.15, 0.2) is 5.82 Å². The molecule has 3 rings (SSSR count). The fraction of sp³-hybridized carbons (Fsp3) is 0.286. The third-order valence-electron chi connectivity index (χ3n) is 4.38. The summed E-state index contributed by atoms with van der Waals surface area (Å²) in [6.07, 6.45) is 1.89. The van der Waals surface area contributed by atoms with Crippen molar-refractivity contribution in [1.82, 2.24) is 20.1 Å². The lowest BCUT2D eigenvalue weighted by atomic mass is 10.2. The number of aryl methyl sites for hydroxylation is 1. The van der Waals surface area contributed by atoms with Crippen LogP contribution in [0.2, 0.25) is 15.1 Å². The van der Waals surface area contributed by atoms with Gasteiger partial charge in [0.1, 0.15) is 11.6 Å². The molecule has 30 heavy (non-hydrogen) atoms. The van der Waals surface area contributed by atoms with Crippen LogP contribution in [-0.2, 0) is 24.3 Å². The Bertz CT molecular complexity index is 1030. The summed E-state index contributed by atoms with van der Waals surface area (Å²) in [6, 6.07) is 9.51. The molecule has 0 radical (unpaired) electrons. The van der Waals surface area contributed by atoms with Crippen molar-refractivity contribution in [3.8, 4) is 11.4 Å². The van der Waals surface area contributed by atoms with E-state index in [1.807, 2.05) is 0 Å². The number of carbonyl (C=O) groups excluding carboxylic acids is 1. The molecule has 0 saturated heterocycles. The van der Waals surface area contributed by atoms with Crippen molar-refractivity contribution in [2.24, 2.45) is 0 Å². The molecule has 0 atom stereocenters. The summed E-state index contributed by atoms with van der Waals surface area (Å²) in [7, 11) is 0. The van der Waals surface area contributed by atoms with E-state index in [1.165, 1.54) is 12.1 Å². The van der Waals surface area contributed by atoms with E-state index in [-0.39, 0.29) is 23.9 Å². The van der Waals surface area contributed by atoms with Crippen molar-refractivity contribution in [2.75, 3.05) is 0 Å². The molecule has 1 N–H and O–H groups in total. The van der Waals surface area contributed by atoms with Crippen LogP contribution in [0, 0.1) is 5.82 Å². The first kappa shape index (κ1) is 22.5. The number of aromatic nitrogens is 3. The van der Waals surface area contributed by atoms with Gasteiger partial charge in [-0.05, 0) is 48.4 Å². The molecule has 0 aliphatic carbocycles. The lowest BCUT2D eigenvalue weighted by Crippen LogP contribution is -2.26. The van der Waals surface area contributed by atoms with Crippen molar-refractivity contribution >= 4 is 40.7 Å². The second-order valence-electron chi connectivity index (χ2n) is 6.79. The number of hydrogen-bond acceptors (Lipinski definition) is 3. The molecular weight excluding hydrogens is 450 g/mol. The minimum atomic E-state index is -0.543. The van der Waals surface area contributed by atoms with E-state index >= 15 is 0 Å². The summed E-state index contributed by atoms with van der Waals surface area (Å²) in [4.78, 5) is 17.0. The second kappa shape index (κ2) is 10.2. The van der Waals surface area contributed by atoms with Crippen LogP contribution >= 0.6 is 34.8 Å². The number of benzene rings is 2. The summed E-state index contributed by atoms with van der Waals surface area (Å²) < 4.78 is 15.5. The van der Waals surface area contributed by atoms with Gasteiger partial charge in [0.25, 0.3) is 0 Å². The standard InChI is InChI=1S/C21H20Cl3FN4O/c1-2-3-6-29-19(27-21(28-29)14-4-5-17(24)18(25)9-14)11-20(30)26-12-13-7-15(22)10-16(23)8-13/h4-5,7-10H,2-3,6,11-12H2,1H3,(H,26,30). The number of nitrogens with one attached hydrogen (secondary N) is 1. The zero-order chi connectivity index (χ0) is 21.7. The van der Waals surface area contributed by atoms with Gasteiger partial charge in [-0.25, -0.2) is 14.1 Å². The summed E-state index contributed by atoms with van der Waals surface area (Å²) in [5.74, 6) is 0.102. The number of amides is 1. The lowest BCUT2D eigenvalue weighted by molar-refractivity contribution is -0.120. The molecule has 1 amide bonds. The minimum Gasteiger partial charge on any atom is -0.352 e. The molecule has 158 valence electrons. The zero-order valence-corrected chi connectivity index (χ0v) is 18.5. The molecule has 9 heteroatoms. The third-order valence-corrected chi connectivity index (χ3v) is 5.12. The number of carbonyl (C=O) groups is 1. The van der Waals surface area contributed by atoms with E-state index in [9.17, 15) is 9.18 Å². The molecule has 0 spiro atoms. The highest BCUT2D eigenvalue weighted by atomic mass is 35.5. The van der Waals surface area contributed by atoms with Gasteiger partial charge in [-0.1, -0.05) is 48.1 Å².